The molecular formula is C6H12N2O. The maximum Gasteiger partial charge on any atom is 0.220 e. The van der Waals surface area contributed by atoms with Crippen LogP contribution in [-0.2, 0) is 4.79 Å². The molecule has 3 nitrogen and oxygen atoms in total. The zero-order chi connectivity index (χ0) is 6.91. The van der Waals surface area contributed by atoms with E-state index in [2.05, 4.69) is 5.32 Å². The van der Waals surface area contributed by atoms with Crippen LogP contribution in [0.15, 0.2) is 0 Å². The number of carbonyl (C=O) groups is 1. The predicted octanol–water partition coefficient (Wildman–Crippen LogP) is -0.386. The molecular weight excluding hydrogens is 116 g/mol. The molecule has 0 aromatic carbocycles. The highest BCUT2D eigenvalue weighted by atomic mass is 16.1. The highest BCUT2D eigenvalue weighted by molar-refractivity contribution is 5.77. The Labute approximate surface area is 54.6 Å². The van der Waals surface area contributed by atoms with Crippen LogP contribution in [-0.4, -0.2) is 18.0 Å². The molecule has 0 aromatic rings. The third kappa shape index (κ3) is 1.68. The summed E-state index contributed by atoms with van der Waals surface area (Å²) in [5, 5.41) is 2.71. The van der Waals surface area contributed by atoms with Gasteiger partial charge in [-0.1, -0.05) is 0 Å². The van der Waals surface area contributed by atoms with Crippen molar-refractivity contribution in [1.29, 1.82) is 0 Å². The molecule has 0 aromatic heterocycles. The van der Waals surface area contributed by atoms with E-state index in [-0.39, 0.29) is 11.4 Å². The molecule has 0 spiro atoms. The Morgan fingerprint density at radius 3 is 2.78 bits per heavy atom. The van der Waals surface area contributed by atoms with Crippen molar-refractivity contribution in [3.63, 3.8) is 0 Å². The number of amides is 1. The number of rotatable bonds is 0. The Bertz CT molecular complexity index is 119. The fourth-order valence-electron chi connectivity index (χ4n) is 0.876. The number of hydrogen-bond donors (Lipinski definition) is 2. The summed E-state index contributed by atoms with van der Waals surface area (Å²) in [6.07, 6.45) is 1.38. The fraction of sp³-hybridized carbons (Fsp3) is 0.833. The highest BCUT2D eigenvalue weighted by Crippen LogP contribution is 2.11. The van der Waals surface area contributed by atoms with Gasteiger partial charge >= 0.3 is 0 Å². The van der Waals surface area contributed by atoms with Crippen LogP contribution in [0.2, 0.25) is 0 Å². The molecule has 1 aliphatic heterocycles. The molecule has 3 N–H and O–H groups in total. The first kappa shape index (κ1) is 6.55. The van der Waals surface area contributed by atoms with Crippen LogP contribution in [0.4, 0.5) is 0 Å². The molecule has 1 heterocycles. The maximum absolute atomic E-state index is 10.6. The van der Waals surface area contributed by atoms with Crippen molar-refractivity contribution < 1.29 is 4.79 Å². The van der Waals surface area contributed by atoms with Crippen LogP contribution < -0.4 is 11.1 Å². The van der Waals surface area contributed by atoms with Crippen LogP contribution in [0.3, 0.4) is 0 Å². The lowest BCUT2D eigenvalue weighted by atomic mass is 9.94. The average Bonchev–Trinajstić information content (AvgIpc) is 1.78. The molecule has 1 saturated heterocycles. The van der Waals surface area contributed by atoms with Crippen molar-refractivity contribution in [3.8, 4) is 0 Å². The summed E-state index contributed by atoms with van der Waals surface area (Å²) < 4.78 is 0. The van der Waals surface area contributed by atoms with Gasteiger partial charge in [0.15, 0.2) is 0 Å². The van der Waals surface area contributed by atoms with Gasteiger partial charge in [0.1, 0.15) is 0 Å². The third-order valence-corrected chi connectivity index (χ3v) is 1.61. The van der Waals surface area contributed by atoms with Gasteiger partial charge in [-0.05, 0) is 13.3 Å². The minimum absolute atomic E-state index is 0.123. The first-order valence-electron chi connectivity index (χ1n) is 3.16. The van der Waals surface area contributed by atoms with Crippen LogP contribution in [0, 0.1) is 0 Å². The van der Waals surface area contributed by atoms with Crippen molar-refractivity contribution in [2.24, 2.45) is 5.73 Å². The van der Waals surface area contributed by atoms with E-state index in [9.17, 15) is 4.79 Å². The second-order valence-electron chi connectivity index (χ2n) is 2.93. The van der Waals surface area contributed by atoms with Crippen molar-refractivity contribution in [2.75, 3.05) is 6.54 Å². The van der Waals surface area contributed by atoms with Gasteiger partial charge in [-0.15, -0.1) is 0 Å². The lowest BCUT2D eigenvalue weighted by Crippen LogP contribution is -2.52. The Kier molecular flexibility index (Phi) is 1.45. The topological polar surface area (TPSA) is 55.1 Å². The van der Waals surface area contributed by atoms with Crippen LogP contribution in [0.1, 0.15) is 19.8 Å². The van der Waals surface area contributed by atoms with E-state index in [0.29, 0.717) is 13.0 Å². The van der Waals surface area contributed by atoms with Gasteiger partial charge in [-0.2, -0.15) is 0 Å². The van der Waals surface area contributed by atoms with Crippen molar-refractivity contribution in [1.82, 2.24) is 5.32 Å². The molecule has 9 heavy (non-hydrogen) atoms. The quantitative estimate of drug-likeness (QED) is 0.467. The van der Waals surface area contributed by atoms with Crippen molar-refractivity contribution in [2.45, 2.75) is 25.3 Å². The van der Waals surface area contributed by atoms with Crippen molar-refractivity contribution >= 4 is 5.91 Å². The number of carbonyl (C=O) groups excluding carboxylic acids is 1. The Hall–Kier alpha value is -0.570. The molecule has 0 radical (unpaired) electrons. The lowest BCUT2D eigenvalue weighted by Gasteiger charge is -2.28. The van der Waals surface area contributed by atoms with E-state index >= 15 is 0 Å². The molecule has 1 amide bonds. The summed E-state index contributed by atoms with van der Waals surface area (Å²) in [6.45, 7) is 2.57. The number of nitrogens with one attached hydrogen (secondary N) is 1. The van der Waals surface area contributed by atoms with E-state index < -0.39 is 0 Å². The third-order valence-electron chi connectivity index (χ3n) is 1.61. The normalized spacial score (nSPS) is 36.0. The first-order valence-corrected chi connectivity index (χ1v) is 3.16. The molecule has 52 valence electrons. The van der Waals surface area contributed by atoms with Crippen molar-refractivity contribution in [3.05, 3.63) is 0 Å². The number of nitrogens with two attached hydrogens (primary N) is 1. The molecule has 0 aliphatic carbocycles. The molecule has 3 heteroatoms. The fourth-order valence-corrected chi connectivity index (χ4v) is 0.876. The average molecular weight is 128 g/mol. The zero-order valence-electron chi connectivity index (χ0n) is 5.61. The Morgan fingerprint density at radius 1 is 1.78 bits per heavy atom. The molecule has 1 fully saturated rings. The maximum atomic E-state index is 10.6. The monoisotopic (exact) mass is 128 g/mol. The number of hydrogen-bond acceptors (Lipinski definition) is 2. The van der Waals surface area contributed by atoms with Gasteiger partial charge in [0, 0.05) is 18.5 Å². The molecule has 1 unspecified atom stereocenters. The summed E-state index contributed by atoms with van der Waals surface area (Å²) >= 11 is 0. The van der Waals surface area contributed by atoms with E-state index in [1.165, 1.54) is 0 Å². The molecule has 1 atom stereocenters. The SMILES string of the molecule is CC1(N)CCC(=O)NC1. The Balaban J connectivity index is 2.44. The standard InChI is InChI=1S/C6H12N2O/c1-6(7)3-2-5(9)8-4-6/h2-4,7H2,1H3,(H,8,9). The minimum Gasteiger partial charge on any atom is -0.354 e. The van der Waals surface area contributed by atoms with E-state index in [1.54, 1.807) is 0 Å². The van der Waals surface area contributed by atoms with Crippen LogP contribution >= 0.6 is 0 Å². The van der Waals surface area contributed by atoms with Gasteiger partial charge in [0.25, 0.3) is 0 Å². The van der Waals surface area contributed by atoms with Gasteiger partial charge in [0.05, 0.1) is 0 Å². The highest BCUT2D eigenvalue weighted by Gasteiger charge is 2.24. The zero-order valence-corrected chi connectivity index (χ0v) is 5.61. The van der Waals surface area contributed by atoms with Crippen LogP contribution in [0.25, 0.3) is 0 Å². The minimum atomic E-state index is -0.173. The predicted molar refractivity (Wildman–Crippen MR) is 34.8 cm³/mol. The summed E-state index contributed by atoms with van der Waals surface area (Å²) in [5.41, 5.74) is 5.55. The van der Waals surface area contributed by atoms with Gasteiger partial charge in [-0.25, -0.2) is 0 Å². The van der Waals surface area contributed by atoms with E-state index in [4.69, 9.17) is 5.73 Å². The summed E-state index contributed by atoms with van der Waals surface area (Å²) in [4.78, 5) is 10.6. The van der Waals surface area contributed by atoms with E-state index in [0.717, 1.165) is 6.42 Å². The summed E-state index contributed by atoms with van der Waals surface area (Å²) in [6, 6.07) is 0. The Morgan fingerprint density at radius 2 is 2.44 bits per heavy atom. The van der Waals surface area contributed by atoms with E-state index in [1.807, 2.05) is 6.92 Å². The second kappa shape index (κ2) is 1.99. The summed E-state index contributed by atoms with van der Waals surface area (Å²) in [7, 11) is 0. The molecule has 1 aliphatic rings. The van der Waals surface area contributed by atoms with Gasteiger partial charge in [-0.3, -0.25) is 4.79 Å². The smallest absolute Gasteiger partial charge is 0.220 e. The molecule has 0 saturated carbocycles. The number of piperidine rings is 1. The molecule has 1 rings (SSSR count). The van der Waals surface area contributed by atoms with Crippen LogP contribution in [0.5, 0.6) is 0 Å². The largest absolute Gasteiger partial charge is 0.354 e. The van der Waals surface area contributed by atoms with Gasteiger partial charge < -0.3 is 11.1 Å². The summed E-state index contributed by atoms with van der Waals surface area (Å²) in [5.74, 6) is 0.123. The molecule has 0 bridgehead atoms. The first-order chi connectivity index (χ1) is 4.10. The van der Waals surface area contributed by atoms with Gasteiger partial charge in [0.2, 0.25) is 5.91 Å². The second-order valence-corrected chi connectivity index (χ2v) is 2.93. The lowest BCUT2D eigenvalue weighted by molar-refractivity contribution is -0.123.